The number of anilines is 1. The molecule has 0 heterocycles. The molecule has 28 heavy (non-hydrogen) atoms. The SMILES string of the molecule is CC(=O)Oc1ccc(/C=N\NC(=O)CN(c2ccccc2C)S(C)(=O)=O)cc1. The molecule has 0 aromatic heterocycles. The minimum Gasteiger partial charge on any atom is -0.427 e. The summed E-state index contributed by atoms with van der Waals surface area (Å²) in [4.78, 5) is 23.0. The standard InChI is InChI=1S/C19H21N3O5S/c1-14-6-4-5-7-18(14)22(28(3,25)26)13-19(24)21-20-12-16-8-10-17(11-9-16)27-15(2)23/h4-12H,13H2,1-3H3,(H,21,24)/b20-12-. The van der Waals surface area contributed by atoms with Crippen molar-refractivity contribution in [1.29, 1.82) is 0 Å². The van der Waals surface area contributed by atoms with E-state index in [0.29, 0.717) is 17.0 Å². The Balaban J connectivity index is 2.02. The van der Waals surface area contributed by atoms with Gasteiger partial charge in [-0.05, 0) is 48.4 Å². The van der Waals surface area contributed by atoms with E-state index >= 15 is 0 Å². The van der Waals surface area contributed by atoms with Gasteiger partial charge in [-0.1, -0.05) is 18.2 Å². The molecule has 1 amide bonds. The molecule has 0 spiro atoms. The van der Waals surface area contributed by atoms with E-state index in [2.05, 4.69) is 10.5 Å². The van der Waals surface area contributed by atoms with Gasteiger partial charge in [-0.25, -0.2) is 13.8 Å². The fraction of sp³-hybridized carbons (Fsp3) is 0.211. The van der Waals surface area contributed by atoms with Crippen LogP contribution in [0.25, 0.3) is 0 Å². The molecular weight excluding hydrogens is 382 g/mol. The Kier molecular flexibility index (Phi) is 6.89. The summed E-state index contributed by atoms with van der Waals surface area (Å²) in [5.74, 6) is -0.602. The molecule has 9 heteroatoms. The summed E-state index contributed by atoms with van der Waals surface area (Å²) in [7, 11) is -3.65. The number of esters is 1. The van der Waals surface area contributed by atoms with Crippen LogP contribution in [0.5, 0.6) is 5.75 Å². The number of nitrogens with one attached hydrogen (secondary N) is 1. The largest absolute Gasteiger partial charge is 0.427 e. The lowest BCUT2D eigenvalue weighted by Gasteiger charge is -2.23. The third-order valence-electron chi connectivity index (χ3n) is 3.62. The van der Waals surface area contributed by atoms with E-state index in [9.17, 15) is 18.0 Å². The average Bonchev–Trinajstić information content (AvgIpc) is 2.60. The number of para-hydroxylation sites is 1. The van der Waals surface area contributed by atoms with Crippen molar-refractivity contribution in [2.24, 2.45) is 5.10 Å². The molecule has 0 aliphatic carbocycles. The Labute approximate surface area is 163 Å². The number of hydrogen-bond donors (Lipinski definition) is 1. The van der Waals surface area contributed by atoms with Crippen molar-refractivity contribution < 1.29 is 22.7 Å². The van der Waals surface area contributed by atoms with Gasteiger partial charge in [0.1, 0.15) is 12.3 Å². The predicted molar refractivity (Wildman–Crippen MR) is 107 cm³/mol. The van der Waals surface area contributed by atoms with E-state index in [1.807, 2.05) is 0 Å². The minimum absolute atomic E-state index is 0.396. The lowest BCUT2D eigenvalue weighted by Crippen LogP contribution is -2.39. The molecular formula is C19H21N3O5S. The van der Waals surface area contributed by atoms with Gasteiger partial charge in [0.15, 0.2) is 0 Å². The second kappa shape index (κ2) is 9.14. The van der Waals surface area contributed by atoms with E-state index in [0.717, 1.165) is 16.1 Å². The Morgan fingerprint density at radius 1 is 1.14 bits per heavy atom. The highest BCUT2D eigenvalue weighted by Crippen LogP contribution is 2.21. The molecule has 0 unspecified atom stereocenters. The normalized spacial score (nSPS) is 11.2. The molecule has 2 aromatic rings. The maximum Gasteiger partial charge on any atom is 0.308 e. The Morgan fingerprint density at radius 2 is 1.79 bits per heavy atom. The maximum atomic E-state index is 12.2. The molecule has 148 valence electrons. The zero-order valence-electron chi connectivity index (χ0n) is 15.7. The van der Waals surface area contributed by atoms with Gasteiger partial charge in [0.05, 0.1) is 18.2 Å². The van der Waals surface area contributed by atoms with E-state index in [-0.39, 0.29) is 0 Å². The second-order valence-corrected chi connectivity index (χ2v) is 7.92. The predicted octanol–water partition coefficient (Wildman–Crippen LogP) is 1.84. The van der Waals surface area contributed by atoms with E-state index in [1.165, 1.54) is 13.1 Å². The first-order chi connectivity index (χ1) is 13.2. The van der Waals surface area contributed by atoms with Crippen LogP contribution >= 0.6 is 0 Å². The van der Waals surface area contributed by atoms with E-state index < -0.39 is 28.4 Å². The number of amides is 1. The van der Waals surface area contributed by atoms with Gasteiger partial charge in [0.2, 0.25) is 10.0 Å². The Bertz CT molecular complexity index is 985. The lowest BCUT2D eigenvalue weighted by molar-refractivity contribution is -0.131. The van der Waals surface area contributed by atoms with Gasteiger partial charge in [0.25, 0.3) is 5.91 Å². The Hall–Kier alpha value is -3.20. The van der Waals surface area contributed by atoms with Crippen molar-refractivity contribution in [3.8, 4) is 5.75 Å². The number of rotatable bonds is 7. The second-order valence-electron chi connectivity index (χ2n) is 6.01. The monoisotopic (exact) mass is 403 g/mol. The molecule has 0 aliphatic heterocycles. The number of nitrogens with zero attached hydrogens (tertiary/aromatic N) is 2. The number of hydrazone groups is 1. The van der Waals surface area contributed by atoms with Crippen LogP contribution < -0.4 is 14.5 Å². The number of sulfonamides is 1. The van der Waals surface area contributed by atoms with Gasteiger partial charge in [0, 0.05) is 6.92 Å². The number of benzene rings is 2. The first-order valence-electron chi connectivity index (χ1n) is 8.30. The van der Waals surface area contributed by atoms with Crippen LogP contribution in [-0.2, 0) is 19.6 Å². The van der Waals surface area contributed by atoms with Crippen LogP contribution in [0.3, 0.4) is 0 Å². The molecule has 1 N–H and O–H groups in total. The van der Waals surface area contributed by atoms with Gasteiger partial charge < -0.3 is 4.74 Å². The summed E-state index contributed by atoms with van der Waals surface area (Å²) in [5, 5.41) is 3.83. The summed E-state index contributed by atoms with van der Waals surface area (Å²) < 4.78 is 30.1. The number of carbonyl (C=O) groups is 2. The lowest BCUT2D eigenvalue weighted by atomic mass is 10.2. The number of ether oxygens (including phenoxy) is 1. The van der Waals surface area contributed by atoms with Crippen molar-refractivity contribution in [1.82, 2.24) is 5.43 Å². The van der Waals surface area contributed by atoms with Crippen molar-refractivity contribution in [2.75, 3.05) is 17.1 Å². The van der Waals surface area contributed by atoms with Gasteiger partial charge in [-0.15, -0.1) is 0 Å². The fourth-order valence-electron chi connectivity index (χ4n) is 2.36. The number of carbonyl (C=O) groups excluding carboxylic acids is 2. The minimum atomic E-state index is -3.65. The van der Waals surface area contributed by atoms with Crippen molar-refractivity contribution >= 4 is 33.8 Å². The Morgan fingerprint density at radius 3 is 2.36 bits per heavy atom. The van der Waals surface area contributed by atoms with Crippen LogP contribution in [-0.4, -0.2) is 39.3 Å². The summed E-state index contributed by atoms with van der Waals surface area (Å²) in [6.45, 7) is 2.68. The zero-order chi connectivity index (χ0) is 20.7. The van der Waals surface area contributed by atoms with Crippen LogP contribution in [0.4, 0.5) is 5.69 Å². The maximum absolute atomic E-state index is 12.2. The molecule has 0 saturated heterocycles. The van der Waals surface area contributed by atoms with Gasteiger partial charge in [-0.3, -0.25) is 13.9 Å². The smallest absolute Gasteiger partial charge is 0.308 e. The highest BCUT2D eigenvalue weighted by Gasteiger charge is 2.21. The number of hydrogen-bond acceptors (Lipinski definition) is 6. The number of aryl methyl sites for hydroxylation is 1. The molecule has 0 atom stereocenters. The quantitative estimate of drug-likeness (QED) is 0.329. The molecule has 0 aliphatic rings. The summed E-state index contributed by atoms with van der Waals surface area (Å²) in [6, 6.07) is 13.4. The van der Waals surface area contributed by atoms with Gasteiger partial charge >= 0.3 is 5.97 Å². The third-order valence-corrected chi connectivity index (χ3v) is 4.74. The molecule has 0 saturated carbocycles. The van der Waals surface area contributed by atoms with Crippen LogP contribution in [0.15, 0.2) is 53.6 Å². The summed E-state index contributed by atoms with van der Waals surface area (Å²) in [6.07, 6.45) is 2.44. The molecule has 8 nitrogen and oxygen atoms in total. The third kappa shape index (κ3) is 6.20. The molecule has 0 fully saturated rings. The highest BCUT2D eigenvalue weighted by atomic mass is 32.2. The molecule has 2 aromatic carbocycles. The van der Waals surface area contributed by atoms with Crippen molar-refractivity contribution in [2.45, 2.75) is 13.8 Å². The summed E-state index contributed by atoms with van der Waals surface area (Å²) in [5.41, 5.74) is 4.14. The first-order valence-corrected chi connectivity index (χ1v) is 10.2. The van der Waals surface area contributed by atoms with Crippen LogP contribution in [0.1, 0.15) is 18.1 Å². The molecule has 0 radical (unpaired) electrons. The molecule has 0 bridgehead atoms. The average molecular weight is 403 g/mol. The van der Waals surface area contributed by atoms with Crippen LogP contribution in [0, 0.1) is 6.92 Å². The van der Waals surface area contributed by atoms with Gasteiger partial charge in [-0.2, -0.15) is 5.10 Å². The van der Waals surface area contributed by atoms with Crippen LogP contribution in [0.2, 0.25) is 0 Å². The van der Waals surface area contributed by atoms with Crippen molar-refractivity contribution in [3.63, 3.8) is 0 Å². The van der Waals surface area contributed by atoms with E-state index in [1.54, 1.807) is 55.5 Å². The molecule has 2 rings (SSSR count). The first kappa shape index (κ1) is 21.1. The van der Waals surface area contributed by atoms with Crippen molar-refractivity contribution in [3.05, 3.63) is 59.7 Å². The summed E-state index contributed by atoms with van der Waals surface area (Å²) >= 11 is 0. The zero-order valence-corrected chi connectivity index (χ0v) is 16.6. The topological polar surface area (TPSA) is 105 Å². The van der Waals surface area contributed by atoms with E-state index in [4.69, 9.17) is 4.74 Å². The fourth-order valence-corrected chi connectivity index (χ4v) is 3.27. The highest BCUT2D eigenvalue weighted by molar-refractivity contribution is 7.92.